The summed E-state index contributed by atoms with van der Waals surface area (Å²) < 4.78 is 4.55. The van der Waals surface area contributed by atoms with Crippen LogP contribution in [0.2, 0.25) is 0 Å². The van der Waals surface area contributed by atoms with Gasteiger partial charge in [0.25, 0.3) is 0 Å². The Balaban J connectivity index is 4.78. The van der Waals surface area contributed by atoms with E-state index in [4.69, 9.17) is 5.11 Å². The van der Waals surface area contributed by atoms with E-state index in [1.807, 2.05) is 0 Å². The van der Waals surface area contributed by atoms with E-state index in [1.165, 1.54) is 27.9 Å². The molecule has 114 valence electrons. The minimum absolute atomic E-state index is 0.0636. The molecular weight excluding hydrogens is 286 g/mol. The average molecular weight is 305 g/mol. The average Bonchev–Trinajstić information content (AvgIpc) is 2.35. The summed E-state index contributed by atoms with van der Waals surface area (Å²) in [4.78, 5) is 44.9. The number of carboxylic acids is 1. The lowest BCUT2D eigenvalue weighted by molar-refractivity contribution is -0.144. The van der Waals surface area contributed by atoms with Gasteiger partial charge in [0.1, 0.15) is 11.8 Å². The molecule has 3 atom stereocenters. The highest BCUT2D eigenvalue weighted by Gasteiger charge is 2.30. The molecule has 0 aromatic heterocycles. The molecule has 2 unspecified atom stereocenters. The number of nitrogens with one attached hydrogen (secondary N) is 1. The van der Waals surface area contributed by atoms with E-state index >= 15 is 0 Å². The summed E-state index contributed by atoms with van der Waals surface area (Å²) in [6.07, 6.45) is 0. The minimum atomic E-state index is -1.09. The Bertz CT molecular complexity index is 397. The molecule has 20 heavy (non-hydrogen) atoms. The van der Waals surface area contributed by atoms with Crippen LogP contribution in [0.4, 0.5) is 0 Å². The molecule has 0 aliphatic heterocycles. The summed E-state index contributed by atoms with van der Waals surface area (Å²) in [6, 6.07) is -0.912. The molecule has 0 aromatic rings. The van der Waals surface area contributed by atoms with Gasteiger partial charge in [0, 0.05) is 12.7 Å². The third-order valence-corrected chi connectivity index (χ3v) is 4.18. The third kappa shape index (κ3) is 6.05. The highest BCUT2D eigenvalue weighted by molar-refractivity contribution is 8.00. The Hall–Kier alpha value is -1.57. The lowest BCUT2D eigenvalue weighted by Crippen LogP contribution is -2.43. The van der Waals surface area contributed by atoms with E-state index in [9.17, 15) is 19.2 Å². The lowest BCUT2D eigenvalue weighted by Gasteiger charge is -2.21. The summed E-state index contributed by atoms with van der Waals surface area (Å²) >= 11 is 1.01. The second-order valence-corrected chi connectivity index (χ2v) is 5.44. The van der Waals surface area contributed by atoms with Gasteiger partial charge in [0.2, 0.25) is 5.91 Å². The molecule has 0 bridgehead atoms. The summed E-state index contributed by atoms with van der Waals surface area (Å²) in [5.41, 5.74) is 0. The molecular formula is C12H19NO6S. The second kappa shape index (κ2) is 8.57. The number of aliphatic carboxylic acids is 1. The number of esters is 1. The quantitative estimate of drug-likeness (QED) is 0.611. The number of hydrogen-bond acceptors (Lipinski definition) is 6. The normalized spacial score (nSPS) is 14.8. The third-order valence-electron chi connectivity index (χ3n) is 2.55. The number of methoxy groups -OCH3 is 1. The van der Waals surface area contributed by atoms with Gasteiger partial charge in [0.05, 0.1) is 18.3 Å². The number of amides is 1. The minimum Gasteiger partial charge on any atom is -0.481 e. The van der Waals surface area contributed by atoms with Gasteiger partial charge in [-0.1, -0.05) is 6.92 Å². The number of carbonyl (C=O) groups excluding carboxylic acids is 3. The molecule has 0 heterocycles. The predicted octanol–water partition coefficient (Wildman–Crippen LogP) is 0.0756. The fourth-order valence-corrected chi connectivity index (χ4v) is 2.76. The molecule has 0 aromatic carbocycles. The number of rotatable bonds is 8. The highest BCUT2D eigenvalue weighted by atomic mass is 32.2. The van der Waals surface area contributed by atoms with Crippen LogP contribution in [-0.4, -0.2) is 52.9 Å². The largest absolute Gasteiger partial charge is 0.481 e. The van der Waals surface area contributed by atoms with Gasteiger partial charge in [-0.2, -0.15) is 0 Å². The number of hydrogen-bond donors (Lipinski definition) is 2. The molecule has 0 radical (unpaired) electrons. The van der Waals surface area contributed by atoms with E-state index < -0.39 is 35.1 Å². The predicted molar refractivity (Wildman–Crippen MR) is 73.3 cm³/mol. The first-order valence-electron chi connectivity index (χ1n) is 5.90. The monoisotopic (exact) mass is 305 g/mol. The van der Waals surface area contributed by atoms with Gasteiger partial charge in [0.15, 0.2) is 0 Å². The highest BCUT2D eigenvalue weighted by Crippen LogP contribution is 2.22. The van der Waals surface area contributed by atoms with Crippen LogP contribution in [0, 0.1) is 5.92 Å². The van der Waals surface area contributed by atoms with Crippen LogP contribution in [0.15, 0.2) is 0 Å². The van der Waals surface area contributed by atoms with Crippen molar-refractivity contribution in [2.45, 2.75) is 32.1 Å². The second-order valence-electron chi connectivity index (χ2n) is 4.27. The number of carbonyl (C=O) groups is 4. The van der Waals surface area contributed by atoms with E-state index in [2.05, 4.69) is 10.1 Å². The molecule has 1 amide bonds. The van der Waals surface area contributed by atoms with Crippen molar-refractivity contribution in [2.24, 2.45) is 5.92 Å². The first-order valence-corrected chi connectivity index (χ1v) is 6.95. The van der Waals surface area contributed by atoms with Crippen LogP contribution in [0.25, 0.3) is 0 Å². The smallest absolute Gasteiger partial charge is 0.329 e. The Kier molecular flexibility index (Phi) is 7.90. The van der Waals surface area contributed by atoms with E-state index in [-0.39, 0.29) is 11.5 Å². The van der Waals surface area contributed by atoms with Gasteiger partial charge in [-0.05, 0) is 6.92 Å². The Morgan fingerprint density at radius 2 is 1.80 bits per heavy atom. The van der Waals surface area contributed by atoms with Crippen molar-refractivity contribution in [3.05, 3.63) is 0 Å². The number of carboxylic acid groups (broad SMARTS) is 1. The molecule has 8 heteroatoms. The van der Waals surface area contributed by atoms with Crippen LogP contribution in [0.3, 0.4) is 0 Å². The molecule has 0 saturated heterocycles. The van der Waals surface area contributed by atoms with Gasteiger partial charge in [-0.3, -0.25) is 14.4 Å². The fourth-order valence-electron chi connectivity index (χ4n) is 1.50. The van der Waals surface area contributed by atoms with Crippen molar-refractivity contribution in [2.75, 3.05) is 12.9 Å². The lowest BCUT2D eigenvalue weighted by atomic mass is 10.1. The zero-order valence-electron chi connectivity index (χ0n) is 11.8. The summed E-state index contributed by atoms with van der Waals surface area (Å²) in [5.74, 6) is -3.25. The van der Waals surface area contributed by atoms with Crippen LogP contribution in [0.1, 0.15) is 20.8 Å². The van der Waals surface area contributed by atoms with Crippen LogP contribution >= 0.6 is 11.8 Å². The molecule has 0 rings (SSSR count). The molecule has 0 aliphatic carbocycles. The fraction of sp³-hybridized carbons (Fsp3) is 0.667. The first kappa shape index (κ1) is 18.4. The molecule has 0 saturated carbocycles. The molecule has 2 N–H and O–H groups in total. The van der Waals surface area contributed by atoms with Crippen molar-refractivity contribution in [1.82, 2.24) is 5.32 Å². The summed E-state index contributed by atoms with van der Waals surface area (Å²) in [5, 5.41) is 10.6. The van der Waals surface area contributed by atoms with Crippen molar-refractivity contribution < 1.29 is 29.0 Å². The summed E-state index contributed by atoms with van der Waals surface area (Å²) in [7, 11) is 1.18. The number of ether oxygens (including phenoxy) is 1. The van der Waals surface area contributed by atoms with Crippen molar-refractivity contribution in [3.63, 3.8) is 0 Å². The van der Waals surface area contributed by atoms with Crippen molar-refractivity contribution in [3.8, 4) is 0 Å². The van der Waals surface area contributed by atoms with Crippen molar-refractivity contribution >= 4 is 35.4 Å². The Labute approximate surface area is 121 Å². The van der Waals surface area contributed by atoms with Crippen LogP contribution in [0.5, 0.6) is 0 Å². The number of Topliss-reactive ketones (excluding diaryl/α,β-unsaturated/α-hetero) is 1. The van der Waals surface area contributed by atoms with Crippen LogP contribution in [-0.2, 0) is 23.9 Å². The van der Waals surface area contributed by atoms with Gasteiger partial charge in [-0.25, -0.2) is 4.79 Å². The van der Waals surface area contributed by atoms with E-state index in [0.29, 0.717) is 0 Å². The topological polar surface area (TPSA) is 110 Å². The number of ketones is 1. The van der Waals surface area contributed by atoms with Crippen molar-refractivity contribution in [1.29, 1.82) is 0 Å². The molecule has 0 aliphatic rings. The van der Waals surface area contributed by atoms with Gasteiger partial charge >= 0.3 is 11.9 Å². The standard InChI is InChI=1S/C12H19NO6S/c1-6(11(16)17)10(7(2)14)20-5-9(12(18)19-4)13-8(3)15/h6,9-10H,5H2,1-4H3,(H,13,15)(H,16,17)/t6?,9-,10?/m0/s1. The Morgan fingerprint density at radius 1 is 1.25 bits per heavy atom. The first-order chi connectivity index (χ1) is 9.20. The van der Waals surface area contributed by atoms with Gasteiger partial charge < -0.3 is 15.2 Å². The zero-order chi connectivity index (χ0) is 15.9. The SMILES string of the molecule is COC(=O)[C@H](CSC(C(C)=O)C(C)C(=O)O)NC(C)=O. The molecule has 7 nitrogen and oxygen atoms in total. The van der Waals surface area contributed by atoms with Crippen LogP contribution < -0.4 is 5.32 Å². The Morgan fingerprint density at radius 3 is 2.15 bits per heavy atom. The van der Waals surface area contributed by atoms with Gasteiger partial charge in [-0.15, -0.1) is 11.8 Å². The summed E-state index contributed by atoms with van der Waals surface area (Å²) in [6.45, 7) is 3.97. The maximum Gasteiger partial charge on any atom is 0.329 e. The van der Waals surface area contributed by atoms with E-state index in [1.54, 1.807) is 0 Å². The van der Waals surface area contributed by atoms with E-state index in [0.717, 1.165) is 11.8 Å². The molecule has 0 fully saturated rings. The molecule has 0 spiro atoms. The number of thioether (sulfide) groups is 1. The zero-order valence-corrected chi connectivity index (χ0v) is 12.7. The maximum absolute atomic E-state index is 11.5. The maximum atomic E-state index is 11.5.